The summed E-state index contributed by atoms with van der Waals surface area (Å²) in [5.74, 6) is 0.817. The normalized spacial score (nSPS) is 13.5. The van der Waals surface area contributed by atoms with Crippen LogP contribution in [0.1, 0.15) is 42.0 Å². The van der Waals surface area contributed by atoms with Gasteiger partial charge in [0.2, 0.25) is 0 Å². The van der Waals surface area contributed by atoms with Gasteiger partial charge in [-0.05, 0) is 56.0 Å². The Morgan fingerprint density at radius 1 is 1.18 bits per heavy atom. The van der Waals surface area contributed by atoms with Crippen LogP contribution in [0.2, 0.25) is 5.02 Å². The zero-order valence-corrected chi connectivity index (χ0v) is 17.2. The fraction of sp³-hybridized carbons (Fsp3) is 0.348. The third kappa shape index (κ3) is 3.37. The number of anilines is 1. The van der Waals surface area contributed by atoms with E-state index in [4.69, 9.17) is 20.8 Å². The first-order valence-corrected chi connectivity index (χ1v) is 10.1. The standard InChI is InChI=1S/C23H24ClNO3/c1-4-5-6-16-10-21(26)28-23-15(3)22-17(9-19(16)23)12-25(13-27-22)18-8-7-14(2)20(24)11-18/h7-11H,4-6,12-13H2,1-3H3. The van der Waals surface area contributed by atoms with E-state index in [-0.39, 0.29) is 5.63 Å². The third-order valence-corrected chi connectivity index (χ3v) is 5.83. The largest absolute Gasteiger partial charge is 0.472 e. The van der Waals surface area contributed by atoms with Crippen LogP contribution in [0.25, 0.3) is 11.0 Å². The molecule has 0 fully saturated rings. The summed E-state index contributed by atoms with van der Waals surface area (Å²) in [7, 11) is 0. The molecule has 1 aliphatic heterocycles. The van der Waals surface area contributed by atoms with Crippen LogP contribution in [-0.4, -0.2) is 6.73 Å². The number of halogens is 1. The van der Waals surface area contributed by atoms with E-state index < -0.39 is 0 Å². The van der Waals surface area contributed by atoms with Crippen molar-refractivity contribution in [1.82, 2.24) is 0 Å². The molecule has 2 aromatic carbocycles. The number of ether oxygens (including phenoxy) is 1. The van der Waals surface area contributed by atoms with Crippen molar-refractivity contribution in [3.8, 4) is 5.75 Å². The average Bonchev–Trinajstić information content (AvgIpc) is 2.69. The van der Waals surface area contributed by atoms with E-state index in [2.05, 4.69) is 24.0 Å². The minimum Gasteiger partial charge on any atom is -0.472 e. The van der Waals surface area contributed by atoms with Gasteiger partial charge in [0.1, 0.15) is 11.3 Å². The molecule has 4 rings (SSSR count). The molecule has 0 atom stereocenters. The Morgan fingerprint density at radius 3 is 2.75 bits per heavy atom. The molecule has 0 bridgehead atoms. The van der Waals surface area contributed by atoms with E-state index in [1.807, 2.05) is 26.0 Å². The van der Waals surface area contributed by atoms with Crippen molar-refractivity contribution < 1.29 is 9.15 Å². The smallest absolute Gasteiger partial charge is 0.336 e. The molecule has 1 aromatic heterocycles. The van der Waals surface area contributed by atoms with Gasteiger partial charge in [-0.2, -0.15) is 0 Å². The summed E-state index contributed by atoms with van der Waals surface area (Å²) in [5.41, 5.74) is 5.47. The molecule has 146 valence electrons. The van der Waals surface area contributed by atoms with E-state index in [9.17, 15) is 4.79 Å². The Kier molecular flexibility index (Phi) is 5.07. The number of rotatable bonds is 4. The topological polar surface area (TPSA) is 42.7 Å². The van der Waals surface area contributed by atoms with Crippen LogP contribution in [0, 0.1) is 13.8 Å². The second kappa shape index (κ2) is 7.51. The van der Waals surface area contributed by atoms with Crippen LogP contribution in [-0.2, 0) is 13.0 Å². The molecular formula is C23H24ClNO3. The van der Waals surface area contributed by atoms with Gasteiger partial charge in [0, 0.05) is 39.8 Å². The van der Waals surface area contributed by atoms with Crippen molar-refractivity contribution in [3.63, 3.8) is 0 Å². The number of hydrogen-bond acceptors (Lipinski definition) is 4. The van der Waals surface area contributed by atoms with Crippen LogP contribution < -0.4 is 15.3 Å². The van der Waals surface area contributed by atoms with Crippen molar-refractivity contribution in [2.24, 2.45) is 0 Å². The van der Waals surface area contributed by atoms with Gasteiger partial charge in [-0.25, -0.2) is 4.79 Å². The molecule has 0 amide bonds. The molecule has 1 aliphatic rings. The van der Waals surface area contributed by atoms with Gasteiger partial charge in [0.25, 0.3) is 0 Å². The van der Waals surface area contributed by atoms with Crippen molar-refractivity contribution >= 4 is 28.3 Å². The lowest BCUT2D eigenvalue weighted by Gasteiger charge is -2.32. The monoisotopic (exact) mass is 397 g/mol. The molecule has 3 aromatic rings. The van der Waals surface area contributed by atoms with Crippen molar-refractivity contribution in [2.45, 2.75) is 46.6 Å². The highest BCUT2D eigenvalue weighted by Crippen LogP contribution is 2.37. The molecule has 0 radical (unpaired) electrons. The lowest BCUT2D eigenvalue weighted by atomic mass is 9.98. The molecule has 0 unspecified atom stereocenters. The summed E-state index contributed by atoms with van der Waals surface area (Å²) in [5, 5.41) is 1.76. The maximum atomic E-state index is 12.1. The minimum absolute atomic E-state index is 0.298. The number of hydrogen-bond donors (Lipinski definition) is 0. The van der Waals surface area contributed by atoms with E-state index in [1.165, 1.54) is 0 Å². The fourth-order valence-corrected chi connectivity index (χ4v) is 3.98. The first-order chi connectivity index (χ1) is 13.5. The highest BCUT2D eigenvalue weighted by molar-refractivity contribution is 6.31. The van der Waals surface area contributed by atoms with Crippen LogP contribution in [0.15, 0.2) is 39.5 Å². The fourth-order valence-electron chi connectivity index (χ4n) is 3.80. The lowest BCUT2D eigenvalue weighted by molar-refractivity contribution is 0.287. The molecule has 0 saturated carbocycles. The van der Waals surface area contributed by atoms with Crippen LogP contribution >= 0.6 is 11.6 Å². The summed E-state index contributed by atoms with van der Waals surface area (Å²) < 4.78 is 11.6. The molecule has 0 spiro atoms. The summed E-state index contributed by atoms with van der Waals surface area (Å²) in [4.78, 5) is 14.2. The summed E-state index contributed by atoms with van der Waals surface area (Å²) in [6.45, 7) is 7.26. The van der Waals surface area contributed by atoms with Gasteiger partial charge < -0.3 is 14.1 Å². The van der Waals surface area contributed by atoms with Gasteiger partial charge in [0.15, 0.2) is 6.73 Å². The van der Waals surface area contributed by atoms with Crippen LogP contribution in [0.5, 0.6) is 5.75 Å². The van der Waals surface area contributed by atoms with Crippen molar-refractivity contribution in [3.05, 3.63) is 68.0 Å². The zero-order chi connectivity index (χ0) is 19.8. The number of unbranched alkanes of at least 4 members (excludes halogenated alkanes) is 1. The maximum absolute atomic E-state index is 12.1. The third-order valence-electron chi connectivity index (χ3n) is 5.42. The summed E-state index contributed by atoms with van der Waals surface area (Å²) in [6.07, 6.45) is 2.99. The van der Waals surface area contributed by atoms with Crippen molar-refractivity contribution in [2.75, 3.05) is 11.6 Å². The Balaban J connectivity index is 1.78. The second-order valence-electron chi connectivity index (χ2n) is 7.47. The Hall–Kier alpha value is -2.46. The van der Waals surface area contributed by atoms with Gasteiger partial charge in [-0.1, -0.05) is 31.0 Å². The number of aryl methyl sites for hydroxylation is 3. The molecule has 0 N–H and O–H groups in total. The SMILES string of the molecule is CCCCc1cc(=O)oc2c(C)c3c(cc12)CN(c1ccc(C)c(Cl)c1)CO3. The maximum Gasteiger partial charge on any atom is 0.336 e. The van der Waals surface area contributed by atoms with Crippen molar-refractivity contribution in [1.29, 1.82) is 0 Å². The lowest BCUT2D eigenvalue weighted by Crippen LogP contribution is -2.32. The van der Waals surface area contributed by atoms with E-state index in [1.54, 1.807) is 6.07 Å². The molecule has 0 saturated heterocycles. The number of nitrogens with zero attached hydrogens (tertiary/aromatic N) is 1. The van der Waals surface area contributed by atoms with Crippen LogP contribution in [0.3, 0.4) is 0 Å². The first kappa shape index (κ1) is 18.9. The molecular weight excluding hydrogens is 374 g/mol. The predicted octanol–water partition coefficient (Wildman–Crippen LogP) is 5.76. The molecule has 4 nitrogen and oxygen atoms in total. The Labute approximate surface area is 169 Å². The van der Waals surface area contributed by atoms with E-state index in [0.29, 0.717) is 12.3 Å². The molecule has 28 heavy (non-hydrogen) atoms. The second-order valence-corrected chi connectivity index (χ2v) is 7.87. The van der Waals surface area contributed by atoms with Crippen LogP contribution in [0.4, 0.5) is 5.69 Å². The van der Waals surface area contributed by atoms with Gasteiger partial charge in [-0.15, -0.1) is 0 Å². The van der Waals surface area contributed by atoms with E-state index in [0.717, 1.165) is 69.9 Å². The molecule has 0 aliphatic carbocycles. The zero-order valence-electron chi connectivity index (χ0n) is 16.5. The number of fused-ring (bicyclic) bond motifs is 2. The van der Waals surface area contributed by atoms with Gasteiger partial charge >= 0.3 is 5.63 Å². The minimum atomic E-state index is -0.298. The quantitative estimate of drug-likeness (QED) is 0.525. The molecule has 5 heteroatoms. The van der Waals surface area contributed by atoms with Gasteiger partial charge in [-0.3, -0.25) is 0 Å². The Morgan fingerprint density at radius 2 is 2.00 bits per heavy atom. The summed E-state index contributed by atoms with van der Waals surface area (Å²) >= 11 is 6.31. The predicted molar refractivity (Wildman–Crippen MR) is 114 cm³/mol. The Bertz CT molecular complexity index is 1100. The highest BCUT2D eigenvalue weighted by atomic mass is 35.5. The summed E-state index contributed by atoms with van der Waals surface area (Å²) in [6, 6.07) is 9.81. The molecule has 2 heterocycles. The highest BCUT2D eigenvalue weighted by Gasteiger charge is 2.23. The first-order valence-electron chi connectivity index (χ1n) is 9.71. The average molecular weight is 398 g/mol. The van der Waals surface area contributed by atoms with E-state index >= 15 is 0 Å². The van der Waals surface area contributed by atoms with Gasteiger partial charge in [0.05, 0.1) is 0 Å². The number of benzene rings is 2.